The largest absolute Gasteiger partial charge is 0.430 e. The van der Waals surface area contributed by atoms with Crippen LogP contribution in [0, 0.1) is 16.0 Å². The van der Waals surface area contributed by atoms with Gasteiger partial charge in [0.25, 0.3) is 5.69 Å². The number of nitro groups is 1. The van der Waals surface area contributed by atoms with Crippen LogP contribution in [0.2, 0.25) is 5.02 Å². The minimum Gasteiger partial charge on any atom is -0.430 e. The molecule has 3 aromatic carbocycles. The molecule has 8 heteroatoms. The molecule has 1 aliphatic heterocycles. The van der Waals surface area contributed by atoms with Crippen molar-refractivity contribution < 1.29 is 9.34 Å². The molecule has 168 valence electrons. The fourth-order valence-corrected chi connectivity index (χ4v) is 5.00. The summed E-state index contributed by atoms with van der Waals surface area (Å²) in [7, 11) is 0. The zero-order valence-electron chi connectivity index (χ0n) is 18.0. The van der Waals surface area contributed by atoms with E-state index in [0.717, 1.165) is 29.7 Å². The van der Waals surface area contributed by atoms with Crippen LogP contribution < -0.4 is 5.01 Å². The molecule has 0 radical (unpaired) electrons. The van der Waals surface area contributed by atoms with E-state index in [1.165, 1.54) is 23.3 Å². The van der Waals surface area contributed by atoms with Gasteiger partial charge in [0, 0.05) is 34.2 Å². The molecule has 2 aliphatic rings. The Morgan fingerprint density at radius 1 is 1.03 bits per heavy atom. The van der Waals surface area contributed by atoms with Gasteiger partial charge in [0.1, 0.15) is 12.0 Å². The Balaban J connectivity index is 1.41. The van der Waals surface area contributed by atoms with Gasteiger partial charge >= 0.3 is 6.01 Å². The predicted octanol–water partition coefficient (Wildman–Crippen LogP) is 6.43. The smallest absolute Gasteiger partial charge is 0.319 e. The first-order valence-electron chi connectivity index (χ1n) is 11.0. The maximum Gasteiger partial charge on any atom is 0.319 e. The van der Waals surface area contributed by atoms with Crippen molar-refractivity contribution in [1.29, 1.82) is 0 Å². The summed E-state index contributed by atoms with van der Waals surface area (Å²) < 4.78 is 5.90. The van der Waals surface area contributed by atoms with Crippen molar-refractivity contribution in [1.82, 2.24) is 4.98 Å². The SMILES string of the molecule is O=[N+]([O-])c1ccc(-c2coc(N3N=C4c5ccccc5CC[C@@H]4[C@H]3c3ccc(Cl)cc3)n2)cc1. The van der Waals surface area contributed by atoms with Crippen LogP contribution in [-0.2, 0) is 6.42 Å². The summed E-state index contributed by atoms with van der Waals surface area (Å²) in [5.74, 6) is 0.186. The molecule has 0 N–H and O–H groups in total. The topological polar surface area (TPSA) is 84.8 Å². The Morgan fingerprint density at radius 3 is 2.56 bits per heavy atom. The van der Waals surface area contributed by atoms with Gasteiger partial charge in [-0.15, -0.1) is 0 Å². The zero-order chi connectivity index (χ0) is 23.2. The standard InChI is InChI=1S/C26H19ClN4O3/c27-19-10-5-18(6-11-19)25-22-14-9-16-3-1-2-4-21(16)24(22)29-30(25)26-28-23(15-34-26)17-7-12-20(13-8-17)31(32)33/h1-8,10-13,15,22,25H,9,14H2/t22-,25+/m0/s1. The lowest BCUT2D eigenvalue weighted by Gasteiger charge is -2.29. The number of nitro benzene ring substituents is 1. The quantitative estimate of drug-likeness (QED) is 0.253. The highest BCUT2D eigenvalue weighted by atomic mass is 35.5. The molecule has 0 unspecified atom stereocenters. The van der Waals surface area contributed by atoms with Crippen LogP contribution in [0.15, 0.2) is 88.6 Å². The van der Waals surface area contributed by atoms with E-state index in [1.54, 1.807) is 18.4 Å². The van der Waals surface area contributed by atoms with Gasteiger partial charge in [0.15, 0.2) is 0 Å². The van der Waals surface area contributed by atoms with E-state index in [-0.39, 0.29) is 17.6 Å². The Morgan fingerprint density at radius 2 is 1.79 bits per heavy atom. The molecule has 0 bridgehead atoms. The summed E-state index contributed by atoms with van der Waals surface area (Å²) in [6.45, 7) is 0. The number of oxazole rings is 1. The van der Waals surface area contributed by atoms with Gasteiger partial charge in [-0.2, -0.15) is 10.1 Å². The van der Waals surface area contributed by atoms with Crippen LogP contribution in [0.5, 0.6) is 0 Å². The highest BCUT2D eigenvalue weighted by molar-refractivity contribution is 6.30. The molecule has 0 amide bonds. The summed E-state index contributed by atoms with van der Waals surface area (Å²) in [4.78, 5) is 15.3. The van der Waals surface area contributed by atoms with E-state index in [0.29, 0.717) is 16.7 Å². The third-order valence-corrected chi connectivity index (χ3v) is 6.75. The van der Waals surface area contributed by atoms with Gasteiger partial charge < -0.3 is 4.42 Å². The molecule has 4 aromatic rings. The summed E-state index contributed by atoms with van der Waals surface area (Å²) in [6, 6.07) is 22.8. The van der Waals surface area contributed by atoms with Crippen molar-refractivity contribution in [3.63, 3.8) is 0 Å². The molecular formula is C26H19ClN4O3. The van der Waals surface area contributed by atoms with Crippen LogP contribution in [-0.4, -0.2) is 15.6 Å². The van der Waals surface area contributed by atoms with E-state index in [1.807, 2.05) is 35.3 Å². The number of hydrogen-bond acceptors (Lipinski definition) is 6. The molecule has 0 fully saturated rings. The predicted molar refractivity (Wildman–Crippen MR) is 130 cm³/mol. The number of aryl methyl sites for hydroxylation is 1. The number of benzene rings is 3. The van der Waals surface area contributed by atoms with E-state index < -0.39 is 4.92 Å². The van der Waals surface area contributed by atoms with Crippen molar-refractivity contribution in [3.8, 4) is 11.3 Å². The van der Waals surface area contributed by atoms with E-state index in [2.05, 4.69) is 18.2 Å². The number of anilines is 1. The molecule has 6 rings (SSSR count). The summed E-state index contributed by atoms with van der Waals surface area (Å²) in [5, 5.41) is 18.5. The average Bonchev–Trinajstić information content (AvgIpc) is 3.50. The Labute approximate surface area is 200 Å². The summed E-state index contributed by atoms with van der Waals surface area (Å²) in [6.07, 6.45) is 3.51. The Kier molecular flexibility index (Phi) is 4.92. The molecule has 1 aliphatic carbocycles. The monoisotopic (exact) mass is 470 g/mol. The number of aromatic nitrogens is 1. The van der Waals surface area contributed by atoms with Crippen molar-refractivity contribution in [2.24, 2.45) is 11.0 Å². The molecular weight excluding hydrogens is 452 g/mol. The number of rotatable bonds is 4. The van der Waals surface area contributed by atoms with Gasteiger partial charge in [-0.1, -0.05) is 48.0 Å². The molecule has 7 nitrogen and oxygen atoms in total. The summed E-state index contributed by atoms with van der Waals surface area (Å²) in [5.41, 5.74) is 5.95. The molecule has 0 spiro atoms. The molecule has 0 saturated carbocycles. The number of hydrogen-bond donors (Lipinski definition) is 0. The minimum absolute atomic E-state index is 0.0314. The second kappa shape index (κ2) is 8.11. The Bertz CT molecular complexity index is 1410. The second-order valence-electron chi connectivity index (χ2n) is 8.45. The fraction of sp³-hybridized carbons (Fsp3) is 0.154. The lowest BCUT2D eigenvalue weighted by molar-refractivity contribution is -0.384. The van der Waals surface area contributed by atoms with Crippen LogP contribution in [0.25, 0.3) is 11.3 Å². The first-order valence-corrected chi connectivity index (χ1v) is 11.4. The molecule has 34 heavy (non-hydrogen) atoms. The summed E-state index contributed by atoms with van der Waals surface area (Å²) >= 11 is 6.16. The van der Waals surface area contributed by atoms with Crippen LogP contribution in [0.3, 0.4) is 0 Å². The first kappa shape index (κ1) is 20.6. The van der Waals surface area contributed by atoms with E-state index in [9.17, 15) is 10.1 Å². The van der Waals surface area contributed by atoms with E-state index in [4.69, 9.17) is 26.1 Å². The lowest BCUT2D eigenvalue weighted by atomic mass is 9.77. The normalized spacial score (nSPS) is 18.9. The van der Waals surface area contributed by atoms with Crippen molar-refractivity contribution in [2.45, 2.75) is 18.9 Å². The van der Waals surface area contributed by atoms with Gasteiger partial charge in [-0.05, 0) is 48.2 Å². The first-order chi connectivity index (χ1) is 16.6. The van der Waals surface area contributed by atoms with Gasteiger partial charge in [-0.3, -0.25) is 10.1 Å². The highest BCUT2D eigenvalue weighted by Crippen LogP contribution is 2.45. The van der Waals surface area contributed by atoms with E-state index >= 15 is 0 Å². The van der Waals surface area contributed by atoms with Crippen molar-refractivity contribution >= 4 is 29.0 Å². The maximum absolute atomic E-state index is 11.0. The fourth-order valence-electron chi connectivity index (χ4n) is 4.87. The molecule has 1 aromatic heterocycles. The number of fused-ring (bicyclic) bond motifs is 3. The molecule has 2 atom stereocenters. The van der Waals surface area contributed by atoms with Gasteiger partial charge in [0.05, 0.1) is 16.7 Å². The van der Waals surface area contributed by atoms with Crippen LogP contribution in [0.1, 0.15) is 29.2 Å². The third kappa shape index (κ3) is 3.45. The lowest BCUT2D eigenvalue weighted by Crippen LogP contribution is -2.28. The zero-order valence-corrected chi connectivity index (χ0v) is 18.7. The van der Waals surface area contributed by atoms with Crippen molar-refractivity contribution in [3.05, 3.63) is 111 Å². The number of halogens is 1. The van der Waals surface area contributed by atoms with Gasteiger partial charge in [0.2, 0.25) is 0 Å². The maximum atomic E-state index is 11.0. The average molecular weight is 471 g/mol. The number of hydrazone groups is 1. The van der Waals surface area contributed by atoms with Crippen LogP contribution in [0.4, 0.5) is 11.7 Å². The number of nitrogens with zero attached hydrogens (tertiary/aromatic N) is 4. The van der Waals surface area contributed by atoms with Crippen molar-refractivity contribution in [2.75, 3.05) is 5.01 Å². The third-order valence-electron chi connectivity index (χ3n) is 6.50. The molecule has 2 heterocycles. The van der Waals surface area contributed by atoms with Gasteiger partial charge in [-0.25, -0.2) is 5.01 Å². The Hall–Kier alpha value is -3.97. The van der Waals surface area contributed by atoms with Crippen LogP contribution >= 0.6 is 11.6 Å². The minimum atomic E-state index is -0.422. The highest BCUT2D eigenvalue weighted by Gasteiger charge is 2.43. The number of non-ortho nitro benzene ring substituents is 1. The molecule has 0 saturated heterocycles. The second-order valence-corrected chi connectivity index (χ2v) is 8.88.